The van der Waals surface area contributed by atoms with E-state index in [-0.39, 0.29) is 5.91 Å². The molecule has 1 amide bonds. The number of aromatic nitrogens is 1. The van der Waals surface area contributed by atoms with Crippen molar-refractivity contribution in [2.75, 3.05) is 26.2 Å². The fourth-order valence-corrected chi connectivity index (χ4v) is 3.87. The van der Waals surface area contributed by atoms with E-state index in [4.69, 9.17) is 0 Å². The number of nitrogens with zero attached hydrogens (tertiary/aromatic N) is 2. The maximum absolute atomic E-state index is 13.0. The zero-order valence-corrected chi connectivity index (χ0v) is 12.9. The van der Waals surface area contributed by atoms with Crippen LogP contribution in [0, 0.1) is 18.8 Å². The summed E-state index contributed by atoms with van der Waals surface area (Å²) < 4.78 is 0. The Morgan fingerprint density at radius 1 is 1.27 bits per heavy atom. The van der Waals surface area contributed by atoms with E-state index in [1.54, 1.807) is 0 Å². The summed E-state index contributed by atoms with van der Waals surface area (Å²) in [5, 5.41) is 4.42. The predicted molar refractivity (Wildman–Crippen MR) is 86.9 cm³/mol. The molecule has 2 aromatic rings. The molecule has 2 fully saturated rings. The lowest BCUT2D eigenvalue weighted by Crippen LogP contribution is -2.43. The van der Waals surface area contributed by atoms with Gasteiger partial charge in [0.05, 0.1) is 11.1 Å². The Morgan fingerprint density at radius 2 is 2.09 bits per heavy atom. The van der Waals surface area contributed by atoms with E-state index >= 15 is 0 Å². The Labute approximate surface area is 130 Å². The van der Waals surface area contributed by atoms with Gasteiger partial charge < -0.3 is 10.2 Å². The molecule has 2 atom stereocenters. The number of nitrogens with one attached hydrogen (secondary N) is 1. The standard InChI is InChI=1S/C18H21N3O/c1-12-8-16(15-4-2-3-5-17(15)20-12)18(22)21-7-6-13-9-19-10-14(13)11-21/h2-5,8,13-14,19H,6-7,9-11H2,1H3. The van der Waals surface area contributed by atoms with Crippen molar-refractivity contribution in [3.8, 4) is 0 Å². The van der Waals surface area contributed by atoms with Gasteiger partial charge in [0.2, 0.25) is 0 Å². The van der Waals surface area contributed by atoms with Gasteiger partial charge in [0, 0.05) is 24.2 Å². The van der Waals surface area contributed by atoms with Crippen LogP contribution < -0.4 is 5.32 Å². The third kappa shape index (κ3) is 2.28. The maximum Gasteiger partial charge on any atom is 0.254 e. The van der Waals surface area contributed by atoms with Gasteiger partial charge >= 0.3 is 0 Å². The Bertz CT molecular complexity index is 727. The fourth-order valence-electron chi connectivity index (χ4n) is 3.87. The van der Waals surface area contributed by atoms with Crippen molar-refractivity contribution in [1.82, 2.24) is 15.2 Å². The number of carbonyl (C=O) groups excluding carboxylic acids is 1. The number of carbonyl (C=O) groups is 1. The van der Waals surface area contributed by atoms with Crippen molar-refractivity contribution in [1.29, 1.82) is 0 Å². The van der Waals surface area contributed by atoms with Crippen molar-refractivity contribution in [2.45, 2.75) is 13.3 Å². The Hall–Kier alpha value is -1.94. The van der Waals surface area contributed by atoms with Gasteiger partial charge in [0.1, 0.15) is 0 Å². The van der Waals surface area contributed by atoms with E-state index in [0.717, 1.165) is 60.7 Å². The molecule has 2 aliphatic rings. The summed E-state index contributed by atoms with van der Waals surface area (Å²) in [5.74, 6) is 1.53. The number of rotatable bonds is 1. The molecule has 1 N–H and O–H groups in total. The van der Waals surface area contributed by atoms with Gasteiger partial charge in [-0.1, -0.05) is 18.2 Å². The third-order valence-corrected chi connectivity index (χ3v) is 5.07. The van der Waals surface area contributed by atoms with E-state index in [9.17, 15) is 4.79 Å². The highest BCUT2D eigenvalue weighted by molar-refractivity contribution is 6.06. The largest absolute Gasteiger partial charge is 0.338 e. The van der Waals surface area contributed by atoms with E-state index in [1.807, 2.05) is 42.2 Å². The number of hydrogen-bond acceptors (Lipinski definition) is 3. The lowest BCUT2D eigenvalue weighted by atomic mass is 9.88. The second kappa shape index (κ2) is 5.36. The van der Waals surface area contributed by atoms with Crippen LogP contribution in [0.5, 0.6) is 0 Å². The summed E-state index contributed by atoms with van der Waals surface area (Å²) in [4.78, 5) is 19.6. The number of aryl methyl sites for hydroxylation is 1. The average Bonchev–Trinajstić information content (AvgIpc) is 3.00. The highest BCUT2D eigenvalue weighted by atomic mass is 16.2. The van der Waals surface area contributed by atoms with E-state index < -0.39 is 0 Å². The van der Waals surface area contributed by atoms with Crippen molar-refractivity contribution in [3.63, 3.8) is 0 Å². The number of hydrogen-bond donors (Lipinski definition) is 1. The molecular formula is C18H21N3O. The molecule has 0 radical (unpaired) electrons. The minimum absolute atomic E-state index is 0.159. The van der Waals surface area contributed by atoms with Crippen molar-refractivity contribution in [2.24, 2.45) is 11.8 Å². The van der Waals surface area contributed by atoms with Crippen LogP contribution in [0.1, 0.15) is 22.5 Å². The van der Waals surface area contributed by atoms with Crippen molar-refractivity contribution < 1.29 is 4.79 Å². The van der Waals surface area contributed by atoms with Gasteiger partial charge in [-0.15, -0.1) is 0 Å². The molecule has 22 heavy (non-hydrogen) atoms. The Kier molecular flexibility index (Phi) is 3.34. The molecule has 114 valence electrons. The molecule has 0 spiro atoms. The zero-order valence-electron chi connectivity index (χ0n) is 12.9. The summed E-state index contributed by atoms with van der Waals surface area (Å²) in [7, 11) is 0. The first-order valence-electron chi connectivity index (χ1n) is 8.09. The van der Waals surface area contributed by atoms with Gasteiger partial charge in [-0.3, -0.25) is 9.78 Å². The Balaban J connectivity index is 1.68. The number of benzene rings is 1. The molecular weight excluding hydrogens is 274 g/mol. The van der Waals surface area contributed by atoms with E-state index in [1.165, 1.54) is 0 Å². The molecule has 1 aromatic heterocycles. The lowest BCUT2D eigenvalue weighted by Gasteiger charge is -2.34. The molecule has 2 aliphatic heterocycles. The summed E-state index contributed by atoms with van der Waals surface area (Å²) >= 11 is 0. The summed E-state index contributed by atoms with van der Waals surface area (Å²) in [6, 6.07) is 9.86. The summed E-state index contributed by atoms with van der Waals surface area (Å²) in [5.41, 5.74) is 2.61. The molecule has 4 nitrogen and oxygen atoms in total. The summed E-state index contributed by atoms with van der Waals surface area (Å²) in [6.45, 7) is 5.87. The van der Waals surface area contributed by atoms with Crippen LogP contribution in [0.15, 0.2) is 30.3 Å². The quantitative estimate of drug-likeness (QED) is 0.877. The monoisotopic (exact) mass is 295 g/mol. The van der Waals surface area contributed by atoms with Crippen LogP contribution in [0.25, 0.3) is 10.9 Å². The zero-order chi connectivity index (χ0) is 15.1. The molecule has 1 aromatic carbocycles. The first-order chi connectivity index (χ1) is 10.7. The van der Waals surface area contributed by atoms with Crippen LogP contribution in [-0.2, 0) is 0 Å². The number of pyridine rings is 1. The van der Waals surface area contributed by atoms with Gasteiger partial charge in [-0.2, -0.15) is 0 Å². The first-order valence-corrected chi connectivity index (χ1v) is 8.09. The van der Waals surface area contributed by atoms with Gasteiger partial charge in [0.25, 0.3) is 5.91 Å². The van der Waals surface area contributed by atoms with Gasteiger partial charge in [-0.25, -0.2) is 0 Å². The van der Waals surface area contributed by atoms with E-state index in [2.05, 4.69) is 10.3 Å². The molecule has 4 heteroatoms. The molecule has 0 bridgehead atoms. The minimum Gasteiger partial charge on any atom is -0.338 e. The number of piperidine rings is 1. The van der Waals surface area contributed by atoms with Gasteiger partial charge in [-0.05, 0) is 50.4 Å². The lowest BCUT2D eigenvalue weighted by molar-refractivity contribution is 0.0644. The van der Waals surface area contributed by atoms with Gasteiger partial charge in [0.15, 0.2) is 0 Å². The molecule has 0 saturated carbocycles. The second-order valence-corrected chi connectivity index (χ2v) is 6.55. The van der Waals surface area contributed by atoms with Crippen LogP contribution in [0.2, 0.25) is 0 Å². The van der Waals surface area contributed by atoms with Crippen molar-refractivity contribution in [3.05, 3.63) is 41.6 Å². The van der Waals surface area contributed by atoms with Crippen LogP contribution in [0.4, 0.5) is 0 Å². The molecule has 0 aliphatic carbocycles. The average molecular weight is 295 g/mol. The highest BCUT2D eigenvalue weighted by Gasteiger charge is 2.35. The predicted octanol–water partition coefficient (Wildman–Crippen LogP) is 2.22. The maximum atomic E-state index is 13.0. The fraction of sp³-hybridized carbons (Fsp3) is 0.444. The smallest absolute Gasteiger partial charge is 0.254 e. The van der Waals surface area contributed by atoms with Crippen molar-refractivity contribution >= 4 is 16.8 Å². The first kappa shape index (κ1) is 13.7. The molecule has 2 unspecified atom stereocenters. The molecule has 3 heterocycles. The third-order valence-electron chi connectivity index (χ3n) is 5.07. The van der Waals surface area contributed by atoms with Crippen LogP contribution in [-0.4, -0.2) is 42.0 Å². The second-order valence-electron chi connectivity index (χ2n) is 6.55. The minimum atomic E-state index is 0.159. The normalized spacial score (nSPS) is 24.5. The molecule has 4 rings (SSSR count). The SMILES string of the molecule is Cc1cc(C(=O)N2CCC3CNCC3C2)c2ccccc2n1. The number of amides is 1. The summed E-state index contributed by atoms with van der Waals surface area (Å²) in [6.07, 6.45) is 1.12. The highest BCUT2D eigenvalue weighted by Crippen LogP contribution is 2.28. The van der Waals surface area contributed by atoms with Crippen LogP contribution in [0.3, 0.4) is 0 Å². The number of para-hydroxylation sites is 1. The number of likely N-dealkylation sites (tertiary alicyclic amines) is 1. The Morgan fingerprint density at radius 3 is 3.00 bits per heavy atom. The number of fused-ring (bicyclic) bond motifs is 2. The topological polar surface area (TPSA) is 45.2 Å². The van der Waals surface area contributed by atoms with Crippen LogP contribution >= 0.6 is 0 Å². The molecule has 2 saturated heterocycles. The van der Waals surface area contributed by atoms with E-state index in [0.29, 0.717) is 5.92 Å².